The minimum Gasteiger partial charge on any atom is -0.490 e. The Bertz CT molecular complexity index is 1310. The number of amides is 1. The van der Waals surface area contributed by atoms with Crippen LogP contribution >= 0.6 is 0 Å². The highest BCUT2D eigenvalue weighted by atomic mass is 32.2. The van der Waals surface area contributed by atoms with E-state index in [1.807, 2.05) is 0 Å². The normalized spacial score (nSPS) is 15.2. The summed E-state index contributed by atoms with van der Waals surface area (Å²) in [4.78, 5) is 16.4. The molecule has 2 heterocycles. The Hall–Kier alpha value is -3.60. The minimum atomic E-state index is -4.54. The van der Waals surface area contributed by atoms with Gasteiger partial charge in [0.25, 0.3) is 15.9 Å². The monoisotopic (exact) mass is 477 g/mol. The first-order valence-corrected chi connectivity index (χ1v) is 11.2. The number of alkyl halides is 3. The molecule has 11 heteroatoms. The van der Waals surface area contributed by atoms with Crippen molar-refractivity contribution in [1.82, 2.24) is 4.98 Å². The highest BCUT2D eigenvalue weighted by molar-refractivity contribution is 7.93. The average Bonchev–Trinajstić information content (AvgIpc) is 2.89. The number of halogens is 3. The number of rotatable bonds is 3. The summed E-state index contributed by atoms with van der Waals surface area (Å²) >= 11 is 0. The Kier molecular flexibility index (Phi) is 5.75. The maximum Gasteiger partial charge on any atom is 0.416 e. The van der Waals surface area contributed by atoms with Crippen LogP contribution in [0.4, 0.5) is 24.5 Å². The van der Waals surface area contributed by atoms with Crippen molar-refractivity contribution in [1.29, 1.82) is 0 Å². The summed E-state index contributed by atoms with van der Waals surface area (Å²) in [6.45, 7) is 1.63. The Morgan fingerprint density at radius 2 is 1.82 bits per heavy atom. The molecule has 0 radical (unpaired) electrons. The molecular weight excluding hydrogens is 459 g/mol. The van der Waals surface area contributed by atoms with Gasteiger partial charge in [-0.05, 0) is 61.5 Å². The van der Waals surface area contributed by atoms with Crippen LogP contribution in [0, 0.1) is 6.92 Å². The standard InChI is InChI=1S/C22H18F3N3O4S/c1-14-12-15(8-9-26-14)21(29)27-17-4-7-19-20(13-17)33(30,31)28(10-11-32-19)18-5-2-16(3-6-18)22(23,24)25/h2-9,12-13H,10-11H2,1H3,(H,27,29). The molecule has 0 unspecified atom stereocenters. The Morgan fingerprint density at radius 3 is 2.48 bits per heavy atom. The molecule has 33 heavy (non-hydrogen) atoms. The molecule has 172 valence electrons. The average molecular weight is 477 g/mol. The number of aryl methyl sites for hydroxylation is 1. The molecule has 7 nitrogen and oxygen atoms in total. The molecule has 1 aliphatic rings. The van der Waals surface area contributed by atoms with Crippen LogP contribution in [0.2, 0.25) is 0 Å². The molecule has 0 fully saturated rings. The van der Waals surface area contributed by atoms with Crippen molar-refractivity contribution in [3.63, 3.8) is 0 Å². The summed E-state index contributed by atoms with van der Waals surface area (Å²) in [5, 5.41) is 2.64. The lowest BCUT2D eigenvalue weighted by Gasteiger charge is -2.22. The molecule has 1 N–H and O–H groups in total. The number of fused-ring (bicyclic) bond motifs is 1. The zero-order valence-corrected chi connectivity index (χ0v) is 18.1. The first-order chi connectivity index (χ1) is 15.6. The predicted molar refractivity (Wildman–Crippen MR) is 115 cm³/mol. The van der Waals surface area contributed by atoms with Crippen molar-refractivity contribution in [2.75, 3.05) is 22.8 Å². The van der Waals surface area contributed by atoms with E-state index < -0.39 is 27.7 Å². The molecule has 0 bridgehead atoms. The van der Waals surface area contributed by atoms with E-state index in [1.165, 1.54) is 30.5 Å². The summed E-state index contributed by atoms with van der Waals surface area (Å²) in [5.74, 6) is -0.367. The molecule has 1 aromatic heterocycles. The Labute approximate surface area is 187 Å². The van der Waals surface area contributed by atoms with Crippen LogP contribution in [-0.2, 0) is 16.2 Å². The number of benzene rings is 2. The third kappa shape index (κ3) is 4.63. The van der Waals surface area contributed by atoms with Crippen molar-refractivity contribution < 1.29 is 31.1 Å². The summed E-state index contributed by atoms with van der Waals surface area (Å²) in [7, 11) is -4.18. The van der Waals surface area contributed by atoms with Crippen molar-refractivity contribution in [2.24, 2.45) is 0 Å². The van der Waals surface area contributed by atoms with Gasteiger partial charge >= 0.3 is 6.18 Å². The highest BCUT2D eigenvalue weighted by Crippen LogP contribution is 2.36. The molecule has 4 rings (SSSR count). The van der Waals surface area contributed by atoms with Crippen molar-refractivity contribution in [2.45, 2.75) is 18.0 Å². The number of nitrogens with one attached hydrogen (secondary N) is 1. The van der Waals surface area contributed by atoms with Crippen LogP contribution in [0.15, 0.2) is 65.7 Å². The summed E-state index contributed by atoms with van der Waals surface area (Å²) in [6, 6.07) is 11.2. The number of pyridine rings is 1. The predicted octanol–water partition coefficient (Wildman–Crippen LogP) is 4.25. The van der Waals surface area contributed by atoms with E-state index in [0.717, 1.165) is 28.6 Å². The van der Waals surface area contributed by atoms with E-state index in [9.17, 15) is 26.4 Å². The van der Waals surface area contributed by atoms with E-state index in [2.05, 4.69) is 10.3 Å². The second-order valence-corrected chi connectivity index (χ2v) is 9.10. The van der Waals surface area contributed by atoms with Gasteiger partial charge < -0.3 is 10.1 Å². The zero-order valence-electron chi connectivity index (χ0n) is 17.3. The number of sulfonamides is 1. The molecule has 3 aromatic rings. The third-order valence-corrected chi connectivity index (χ3v) is 6.81. The minimum absolute atomic E-state index is 0.00471. The van der Waals surface area contributed by atoms with E-state index in [4.69, 9.17) is 4.74 Å². The fourth-order valence-electron chi connectivity index (χ4n) is 3.36. The van der Waals surface area contributed by atoms with E-state index >= 15 is 0 Å². The highest BCUT2D eigenvalue weighted by Gasteiger charge is 2.33. The van der Waals surface area contributed by atoms with Gasteiger partial charge in [0.05, 0.1) is 17.8 Å². The van der Waals surface area contributed by atoms with Gasteiger partial charge in [0.15, 0.2) is 0 Å². The lowest BCUT2D eigenvalue weighted by molar-refractivity contribution is -0.137. The number of carbonyl (C=O) groups excluding carboxylic acids is 1. The van der Waals surface area contributed by atoms with Crippen LogP contribution in [0.3, 0.4) is 0 Å². The van der Waals surface area contributed by atoms with Gasteiger partial charge in [-0.15, -0.1) is 0 Å². The summed E-state index contributed by atoms with van der Waals surface area (Å²) < 4.78 is 71.9. The Morgan fingerprint density at radius 1 is 1.09 bits per heavy atom. The lowest BCUT2D eigenvalue weighted by atomic mass is 10.2. The topological polar surface area (TPSA) is 88.6 Å². The zero-order chi connectivity index (χ0) is 23.8. The summed E-state index contributed by atoms with van der Waals surface area (Å²) in [6.07, 6.45) is -3.05. The molecule has 0 saturated carbocycles. The second kappa shape index (κ2) is 8.39. The molecule has 0 saturated heterocycles. The largest absolute Gasteiger partial charge is 0.490 e. The van der Waals surface area contributed by atoms with E-state index in [1.54, 1.807) is 13.0 Å². The van der Waals surface area contributed by atoms with Gasteiger partial charge in [-0.25, -0.2) is 8.42 Å². The van der Waals surface area contributed by atoms with Crippen LogP contribution < -0.4 is 14.4 Å². The molecule has 0 spiro atoms. The maximum atomic E-state index is 13.4. The van der Waals surface area contributed by atoms with Crippen LogP contribution in [0.25, 0.3) is 0 Å². The molecule has 1 amide bonds. The lowest BCUT2D eigenvalue weighted by Crippen LogP contribution is -2.32. The number of carbonyl (C=O) groups is 1. The van der Waals surface area contributed by atoms with Crippen LogP contribution in [0.5, 0.6) is 5.75 Å². The van der Waals surface area contributed by atoms with Crippen molar-refractivity contribution in [3.05, 3.63) is 77.6 Å². The first kappa shape index (κ1) is 22.6. The summed E-state index contributed by atoms with van der Waals surface area (Å²) in [5.41, 5.74) is 0.401. The van der Waals surface area contributed by atoms with Gasteiger partial charge in [0, 0.05) is 23.1 Å². The first-order valence-electron chi connectivity index (χ1n) is 9.76. The quantitative estimate of drug-likeness (QED) is 0.609. The smallest absolute Gasteiger partial charge is 0.416 e. The fourth-order valence-corrected chi connectivity index (χ4v) is 4.97. The SMILES string of the molecule is Cc1cc(C(=O)Nc2ccc3c(c2)S(=O)(=O)N(c2ccc(C(F)(F)F)cc2)CCO3)ccn1. The maximum absolute atomic E-state index is 13.4. The van der Waals surface area contributed by atoms with Crippen LogP contribution in [0.1, 0.15) is 21.6 Å². The number of hydrogen-bond acceptors (Lipinski definition) is 5. The molecule has 1 aliphatic heterocycles. The van der Waals surface area contributed by atoms with Crippen molar-refractivity contribution in [3.8, 4) is 5.75 Å². The molecule has 0 aliphatic carbocycles. The van der Waals surface area contributed by atoms with Crippen LogP contribution in [-0.4, -0.2) is 32.5 Å². The van der Waals surface area contributed by atoms with Crippen molar-refractivity contribution >= 4 is 27.3 Å². The number of hydrogen-bond donors (Lipinski definition) is 1. The van der Waals surface area contributed by atoms with Gasteiger partial charge in [-0.3, -0.25) is 14.1 Å². The number of nitrogens with zero attached hydrogens (tertiary/aromatic N) is 2. The van der Waals surface area contributed by atoms with Gasteiger partial charge in [-0.2, -0.15) is 13.2 Å². The van der Waals surface area contributed by atoms with Gasteiger partial charge in [0.2, 0.25) is 0 Å². The number of aromatic nitrogens is 1. The molecular formula is C22H18F3N3O4S. The van der Waals surface area contributed by atoms with Gasteiger partial charge in [-0.1, -0.05) is 0 Å². The van der Waals surface area contributed by atoms with Gasteiger partial charge in [0.1, 0.15) is 17.3 Å². The Balaban J connectivity index is 1.66. The number of anilines is 2. The van der Waals surface area contributed by atoms with E-state index in [-0.39, 0.29) is 35.2 Å². The second-order valence-electron chi connectivity index (χ2n) is 7.27. The number of ether oxygens (including phenoxy) is 1. The van der Waals surface area contributed by atoms with E-state index in [0.29, 0.717) is 11.3 Å². The molecule has 0 atom stereocenters. The molecule has 2 aromatic carbocycles. The fraction of sp³-hybridized carbons (Fsp3) is 0.182. The third-order valence-electron chi connectivity index (χ3n) is 4.96.